The number of anilines is 2. The third kappa shape index (κ3) is 3.27. The van der Waals surface area contributed by atoms with E-state index in [2.05, 4.69) is 39.9 Å². The van der Waals surface area contributed by atoms with Gasteiger partial charge in [-0.1, -0.05) is 0 Å². The maximum absolute atomic E-state index is 6.05. The molecule has 2 N–H and O–H groups in total. The Hall–Kier alpha value is -0.790. The van der Waals surface area contributed by atoms with Crippen LogP contribution < -0.4 is 10.6 Å². The van der Waals surface area contributed by atoms with E-state index < -0.39 is 0 Å². The fourth-order valence-electron chi connectivity index (χ4n) is 1.94. The summed E-state index contributed by atoms with van der Waals surface area (Å²) in [6.45, 7) is 4.25. The van der Waals surface area contributed by atoms with E-state index in [1.807, 2.05) is 18.7 Å². The Balaban J connectivity index is 2.29. The number of hydrogen-bond acceptors (Lipinski definition) is 7. The Bertz CT molecular complexity index is 564. The molecule has 0 aliphatic heterocycles. The molecule has 0 bridgehead atoms. The van der Waals surface area contributed by atoms with Crippen LogP contribution in [0.4, 0.5) is 10.8 Å². The summed E-state index contributed by atoms with van der Waals surface area (Å²) in [5.41, 5.74) is 7.98. The zero-order valence-corrected chi connectivity index (χ0v) is 14.7. The number of aryl methyl sites for hydroxylation is 1. The Morgan fingerprint density at radius 3 is 2.85 bits per heavy atom. The van der Waals surface area contributed by atoms with Crippen molar-refractivity contribution in [3.8, 4) is 11.3 Å². The van der Waals surface area contributed by atoms with Crippen molar-refractivity contribution >= 4 is 45.5 Å². The van der Waals surface area contributed by atoms with Gasteiger partial charge in [0.15, 0.2) is 0 Å². The molecule has 0 aliphatic carbocycles. The highest BCUT2D eigenvalue weighted by molar-refractivity contribution is 7.98. The molecule has 0 aliphatic rings. The van der Waals surface area contributed by atoms with E-state index in [1.54, 1.807) is 11.3 Å². The summed E-state index contributed by atoms with van der Waals surface area (Å²) >= 11 is 4.98. The summed E-state index contributed by atoms with van der Waals surface area (Å²) in [7, 11) is 2.11. The largest absolute Gasteiger partial charge is 0.382 e. The molecule has 0 saturated heterocycles. The summed E-state index contributed by atoms with van der Waals surface area (Å²) in [6, 6.07) is 0.459. The molecule has 2 aromatic heterocycles. The molecule has 0 spiro atoms. The number of nitrogens with zero attached hydrogens (tertiary/aromatic N) is 3. The van der Waals surface area contributed by atoms with E-state index in [1.165, 1.54) is 11.5 Å². The van der Waals surface area contributed by atoms with Crippen LogP contribution in [0.1, 0.15) is 18.4 Å². The molecule has 0 saturated carbocycles. The lowest BCUT2D eigenvalue weighted by Crippen LogP contribution is -2.29. The molecule has 1 atom stereocenters. The monoisotopic (exact) mass is 328 g/mol. The third-order valence-electron chi connectivity index (χ3n) is 3.30. The van der Waals surface area contributed by atoms with Crippen LogP contribution in [0.2, 0.25) is 0 Å². The van der Waals surface area contributed by atoms with Gasteiger partial charge in [0.2, 0.25) is 0 Å². The molecule has 2 rings (SSSR count). The molecule has 0 radical (unpaired) electrons. The number of thiazole rings is 1. The zero-order chi connectivity index (χ0) is 14.7. The first kappa shape index (κ1) is 15.6. The van der Waals surface area contributed by atoms with E-state index in [9.17, 15) is 0 Å². The first-order valence-electron chi connectivity index (χ1n) is 6.44. The maximum Gasteiger partial charge on any atom is 0.148 e. The molecule has 4 nitrogen and oxygen atoms in total. The Labute approximate surface area is 132 Å². The van der Waals surface area contributed by atoms with E-state index in [0.717, 1.165) is 33.4 Å². The molecule has 0 fully saturated rings. The lowest BCUT2D eigenvalue weighted by atomic mass is 10.2. The first-order valence-corrected chi connectivity index (χ1v) is 9.48. The molecule has 20 heavy (non-hydrogen) atoms. The second-order valence-electron chi connectivity index (χ2n) is 4.74. The van der Waals surface area contributed by atoms with Crippen LogP contribution in [0.3, 0.4) is 0 Å². The second kappa shape index (κ2) is 6.78. The van der Waals surface area contributed by atoms with Crippen molar-refractivity contribution in [3.63, 3.8) is 0 Å². The van der Waals surface area contributed by atoms with Crippen LogP contribution in [0.5, 0.6) is 0 Å². The summed E-state index contributed by atoms with van der Waals surface area (Å²) in [5.74, 6) is 1.74. The number of hydrogen-bond donors (Lipinski definition) is 1. The van der Waals surface area contributed by atoms with E-state index in [0.29, 0.717) is 11.9 Å². The molecule has 2 aromatic rings. The topological polar surface area (TPSA) is 55.0 Å². The molecular formula is C13H20N4S3. The van der Waals surface area contributed by atoms with Crippen LogP contribution in [-0.2, 0) is 0 Å². The fourth-order valence-corrected chi connectivity index (χ4v) is 4.00. The quantitative estimate of drug-likeness (QED) is 0.875. The van der Waals surface area contributed by atoms with Gasteiger partial charge in [-0.25, -0.2) is 4.98 Å². The molecule has 0 aromatic carbocycles. The van der Waals surface area contributed by atoms with E-state index in [-0.39, 0.29) is 0 Å². The van der Waals surface area contributed by atoms with Crippen molar-refractivity contribution < 1.29 is 0 Å². The van der Waals surface area contributed by atoms with Crippen LogP contribution in [0, 0.1) is 6.92 Å². The van der Waals surface area contributed by atoms with E-state index in [4.69, 9.17) is 5.73 Å². The minimum absolute atomic E-state index is 0.459. The molecular weight excluding hydrogens is 308 g/mol. The van der Waals surface area contributed by atoms with Gasteiger partial charge in [0.25, 0.3) is 0 Å². The zero-order valence-electron chi connectivity index (χ0n) is 12.2. The van der Waals surface area contributed by atoms with Gasteiger partial charge < -0.3 is 10.6 Å². The summed E-state index contributed by atoms with van der Waals surface area (Å²) in [5, 5.41) is 4.22. The Morgan fingerprint density at radius 1 is 1.50 bits per heavy atom. The van der Waals surface area contributed by atoms with Gasteiger partial charge in [-0.15, -0.1) is 11.3 Å². The van der Waals surface area contributed by atoms with Crippen LogP contribution in [0.15, 0.2) is 5.38 Å². The predicted octanol–water partition coefficient (Wildman–Crippen LogP) is 3.74. The summed E-state index contributed by atoms with van der Waals surface area (Å²) in [4.78, 5) is 6.83. The van der Waals surface area contributed by atoms with Gasteiger partial charge in [-0.2, -0.15) is 16.1 Å². The van der Waals surface area contributed by atoms with Gasteiger partial charge in [0, 0.05) is 18.5 Å². The van der Waals surface area contributed by atoms with Crippen molar-refractivity contribution in [1.29, 1.82) is 0 Å². The summed E-state index contributed by atoms with van der Waals surface area (Å²) in [6.07, 6.45) is 3.28. The van der Waals surface area contributed by atoms with Crippen molar-refractivity contribution in [2.24, 2.45) is 0 Å². The standard InChI is InChI=1S/C13H20N4S3/c1-8(5-6-18-4)17(3)13-11(12(14)16-20-13)10-7-19-9(2)15-10/h7-8H,5-6H2,1-4H3,(H2,14,16). The van der Waals surface area contributed by atoms with Crippen molar-refractivity contribution in [2.75, 3.05) is 29.7 Å². The minimum Gasteiger partial charge on any atom is -0.382 e. The van der Waals surface area contributed by atoms with Gasteiger partial charge >= 0.3 is 0 Å². The van der Waals surface area contributed by atoms with Crippen LogP contribution in [-0.4, -0.2) is 34.5 Å². The Morgan fingerprint density at radius 2 is 2.25 bits per heavy atom. The van der Waals surface area contributed by atoms with Gasteiger partial charge in [-0.3, -0.25) is 0 Å². The normalized spacial score (nSPS) is 12.6. The van der Waals surface area contributed by atoms with Gasteiger partial charge in [0.05, 0.1) is 16.3 Å². The minimum atomic E-state index is 0.459. The summed E-state index contributed by atoms with van der Waals surface area (Å²) < 4.78 is 4.32. The van der Waals surface area contributed by atoms with Crippen LogP contribution >= 0.6 is 34.6 Å². The van der Waals surface area contributed by atoms with Crippen molar-refractivity contribution in [1.82, 2.24) is 9.36 Å². The van der Waals surface area contributed by atoms with Crippen LogP contribution in [0.25, 0.3) is 11.3 Å². The van der Waals surface area contributed by atoms with Gasteiger partial charge in [0.1, 0.15) is 10.8 Å². The maximum atomic E-state index is 6.05. The highest BCUT2D eigenvalue weighted by atomic mass is 32.2. The molecule has 2 heterocycles. The highest BCUT2D eigenvalue weighted by Crippen LogP contribution is 2.39. The number of nitrogen functional groups attached to an aromatic ring is 1. The lowest BCUT2D eigenvalue weighted by molar-refractivity contribution is 0.674. The fraction of sp³-hybridized carbons (Fsp3) is 0.538. The van der Waals surface area contributed by atoms with Crippen molar-refractivity contribution in [3.05, 3.63) is 10.4 Å². The number of rotatable bonds is 6. The number of nitrogens with two attached hydrogens (primary N) is 1. The molecule has 0 amide bonds. The average molecular weight is 329 g/mol. The molecule has 7 heteroatoms. The van der Waals surface area contributed by atoms with Crippen molar-refractivity contribution in [2.45, 2.75) is 26.3 Å². The lowest BCUT2D eigenvalue weighted by Gasteiger charge is -2.25. The predicted molar refractivity (Wildman–Crippen MR) is 93.2 cm³/mol. The van der Waals surface area contributed by atoms with Gasteiger partial charge in [-0.05, 0) is 43.8 Å². The highest BCUT2D eigenvalue weighted by Gasteiger charge is 2.21. The second-order valence-corrected chi connectivity index (χ2v) is 7.54. The SMILES string of the molecule is CSCCC(C)N(C)c1snc(N)c1-c1csc(C)n1. The molecule has 110 valence electrons. The molecule has 1 unspecified atom stereocenters. The van der Waals surface area contributed by atoms with E-state index >= 15 is 0 Å². The first-order chi connectivity index (χ1) is 9.54. The number of thioether (sulfide) groups is 1. The average Bonchev–Trinajstić information content (AvgIpc) is 3.00. The third-order valence-corrected chi connectivity index (χ3v) is 5.67. The Kier molecular flexibility index (Phi) is 5.29. The number of aromatic nitrogens is 2. The smallest absolute Gasteiger partial charge is 0.148 e.